The largest absolute Gasteiger partial charge is 0.342 e. The van der Waals surface area contributed by atoms with Crippen LogP contribution in [0.25, 0.3) is 11.0 Å². The first-order valence-electron chi connectivity index (χ1n) is 6.14. The second-order valence-electron chi connectivity index (χ2n) is 4.81. The molecule has 1 saturated heterocycles. The lowest BCUT2D eigenvalue weighted by atomic mass is 10.1. The van der Waals surface area contributed by atoms with Crippen LogP contribution in [0.4, 0.5) is 0 Å². The smallest absolute Gasteiger partial charge is 0.113 e. The molecule has 2 heterocycles. The summed E-state index contributed by atoms with van der Waals surface area (Å²) < 4.78 is 0. The molecule has 2 N–H and O–H groups in total. The van der Waals surface area contributed by atoms with Gasteiger partial charge >= 0.3 is 0 Å². The third kappa shape index (κ3) is 1.83. The minimum Gasteiger partial charge on any atom is -0.342 e. The molecule has 4 nitrogen and oxygen atoms in total. The Balaban J connectivity index is 1.92. The topological polar surface area (TPSA) is 44.0 Å². The molecule has 0 radical (unpaired) electrons. The summed E-state index contributed by atoms with van der Waals surface area (Å²) in [5.41, 5.74) is 2.17. The molecule has 1 aromatic heterocycles. The monoisotopic (exact) mass is 230 g/mol. The highest BCUT2D eigenvalue weighted by Crippen LogP contribution is 2.22. The molecular weight excluding hydrogens is 212 g/mol. The van der Waals surface area contributed by atoms with E-state index in [-0.39, 0.29) is 0 Å². The van der Waals surface area contributed by atoms with Gasteiger partial charge in [-0.3, -0.25) is 10.2 Å². The van der Waals surface area contributed by atoms with E-state index in [4.69, 9.17) is 0 Å². The molecule has 2 aromatic rings. The average molecular weight is 230 g/mol. The molecule has 90 valence electrons. The number of imidazole rings is 1. The first kappa shape index (κ1) is 10.7. The van der Waals surface area contributed by atoms with Crippen molar-refractivity contribution >= 4 is 11.0 Å². The molecule has 0 bridgehead atoms. The number of likely N-dealkylation sites (N-methyl/N-ethyl adjacent to an activating group) is 1. The molecule has 0 spiro atoms. The number of fused-ring (bicyclic) bond motifs is 1. The van der Waals surface area contributed by atoms with Gasteiger partial charge in [-0.1, -0.05) is 19.1 Å². The first-order chi connectivity index (χ1) is 8.25. The molecule has 1 aliphatic heterocycles. The first-order valence-corrected chi connectivity index (χ1v) is 6.14. The summed E-state index contributed by atoms with van der Waals surface area (Å²) in [5.74, 6) is 1.44. The zero-order chi connectivity index (χ0) is 11.8. The quantitative estimate of drug-likeness (QED) is 0.822. The maximum atomic E-state index is 4.67. The van der Waals surface area contributed by atoms with E-state index in [1.807, 2.05) is 18.2 Å². The van der Waals surface area contributed by atoms with Crippen LogP contribution < -0.4 is 5.32 Å². The van der Waals surface area contributed by atoms with Crippen molar-refractivity contribution in [3.05, 3.63) is 30.1 Å². The summed E-state index contributed by atoms with van der Waals surface area (Å²) in [6, 6.07) is 8.19. The summed E-state index contributed by atoms with van der Waals surface area (Å²) in [6.07, 6.45) is 0.385. The number of hydrogen-bond acceptors (Lipinski definition) is 3. The SMILES string of the molecule is CC(c1nc2ccccc2[nH]1)C1NCCN1C. The van der Waals surface area contributed by atoms with E-state index >= 15 is 0 Å². The van der Waals surface area contributed by atoms with Gasteiger partial charge in [0.1, 0.15) is 5.82 Å². The number of benzene rings is 1. The van der Waals surface area contributed by atoms with Crippen LogP contribution in [0.5, 0.6) is 0 Å². The lowest BCUT2D eigenvalue weighted by molar-refractivity contribution is 0.257. The molecule has 0 amide bonds. The maximum Gasteiger partial charge on any atom is 0.113 e. The predicted molar refractivity (Wildman–Crippen MR) is 68.9 cm³/mol. The Morgan fingerprint density at radius 2 is 2.24 bits per heavy atom. The highest BCUT2D eigenvalue weighted by Gasteiger charge is 2.28. The number of rotatable bonds is 2. The van der Waals surface area contributed by atoms with Crippen molar-refractivity contribution < 1.29 is 0 Å². The van der Waals surface area contributed by atoms with Gasteiger partial charge in [-0.25, -0.2) is 4.98 Å². The van der Waals surface area contributed by atoms with Gasteiger partial charge in [0.2, 0.25) is 0 Å². The van der Waals surface area contributed by atoms with E-state index in [1.165, 1.54) is 0 Å². The molecule has 1 aromatic carbocycles. The standard InChI is InChI=1S/C13H18N4/c1-9(13-14-7-8-17(13)2)12-15-10-5-3-4-6-11(10)16-12/h3-6,9,13-14H,7-8H2,1-2H3,(H,15,16). The lowest BCUT2D eigenvalue weighted by Crippen LogP contribution is -2.37. The van der Waals surface area contributed by atoms with E-state index in [1.54, 1.807) is 0 Å². The molecule has 0 aliphatic carbocycles. The summed E-state index contributed by atoms with van der Waals surface area (Å²) in [6.45, 7) is 4.39. The summed E-state index contributed by atoms with van der Waals surface area (Å²) in [4.78, 5) is 10.4. The fourth-order valence-corrected chi connectivity index (χ4v) is 2.58. The van der Waals surface area contributed by atoms with Gasteiger partial charge in [-0.2, -0.15) is 0 Å². The third-order valence-electron chi connectivity index (χ3n) is 3.61. The summed E-state index contributed by atoms with van der Waals surface area (Å²) >= 11 is 0. The zero-order valence-electron chi connectivity index (χ0n) is 10.3. The predicted octanol–water partition coefficient (Wildman–Crippen LogP) is 1.53. The minimum absolute atomic E-state index is 0.370. The highest BCUT2D eigenvalue weighted by atomic mass is 15.3. The molecule has 4 heteroatoms. The normalized spacial score (nSPS) is 23.3. The van der Waals surface area contributed by atoms with Crippen LogP contribution in [0.1, 0.15) is 18.7 Å². The van der Waals surface area contributed by atoms with E-state index in [0.717, 1.165) is 29.9 Å². The lowest BCUT2D eigenvalue weighted by Gasteiger charge is -2.24. The summed E-state index contributed by atoms with van der Waals surface area (Å²) in [7, 11) is 2.16. The average Bonchev–Trinajstić information content (AvgIpc) is 2.93. The Hall–Kier alpha value is -1.39. The van der Waals surface area contributed by atoms with Crippen LogP contribution in [-0.4, -0.2) is 41.2 Å². The van der Waals surface area contributed by atoms with Gasteiger partial charge in [0.05, 0.1) is 17.2 Å². The van der Waals surface area contributed by atoms with Crippen LogP contribution >= 0.6 is 0 Å². The van der Waals surface area contributed by atoms with Gasteiger partial charge < -0.3 is 4.98 Å². The molecule has 3 rings (SSSR count). The van der Waals surface area contributed by atoms with E-state index < -0.39 is 0 Å². The second-order valence-corrected chi connectivity index (χ2v) is 4.81. The molecule has 1 fully saturated rings. The van der Waals surface area contributed by atoms with Gasteiger partial charge in [0, 0.05) is 19.0 Å². The van der Waals surface area contributed by atoms with Gasteiger partial charge in [-0.15, -0.1) is 0 Å². The second kappa shape index (κ2) is 4.13. The zero-order valence-corrected chi connectivity index (χ0v) is 10.3. The van der Waals surface area contributed by atoms with Crippen LogP contribution in [0.15, 0.2) is 24.3 Å². The molecule has 2 atom stereocenters. The third-order valence-corrected chi connectivity index (χ3v) is 3.61. The molecule has 2 unspecified atom stereocenters. The number of aromatic nitrogens is 2. The van der Waals surface area contributed by atoms with Crippen molar-refractivity contribution in [3.63, 3.8) is 0 Å². The molecule has 17 heavy (non-hydrogen) atoms. The number of nitrogens with one attached hydrogen (secondary N) is 2. The Bertz CT molecular complexity index is 486. The van der Waals surface area contributed by atoms with Crippen molar-refractivity contribution in [3.8, 4) is 0 Å². The maximum absolute atomic E-state index is 4.67. The Labute approximate surface area is 101 Å². The fourth-order valence-electron chi connectivity index (χ4n) is 2.58. The fraction of sp³-hybridized carbons (Fsp3) is 0.462. The molecular formula is C13H18N4. The minimum atomic E-state index is 0.370. The van der Waals surface area contributed by atoms with E-state index in [0.29, 0.717) is 12.1 Å². The van der Waals surface area contributed by atoms with Crippen LogP contribution in [-0.2, 0) is 0 Å². The van der Waals surface area contributed by atoms with Gasteiger partial charge in [0.15, 0.2) is 0 Å². The van der Waals surface area contributed by atoms with Crippen LogP contribution in [0.2, 0.25) is 0 Å². The van der Waals surface area contributed by atoms with Crippen LogP contribution in [0, 0.1) is 0 Å². The van der Waals surface area contributed by atoms with Crippen molar-refractivity contribution in [2.24, 2.45) is 0 Å². The number of para-hydroxylation sites is 2. The van der Waals surface area contributed by atoms with Crippen LogP contribution in [0.3, 0.4) is 0 Å². The number of aromatic amines is 1. The van der Waals surface area contributed by atoms with Crippen molar-refractivity contribution in [1.82, 2.24) is 20.2 Å². The van der Waals surface area contributed by atoms with Crippen molar-refractivity contribution in [2.45, 2.75) is 19.0 Å². The highest BCUT2D eigenvalue weighted by molar-refractivity contribution is 5.74. The Kier molecular flexibility index (Phi) is 2.61. The Morgan fingerprint density at radius 1 is 1.41 bits per heavy atom. The Morgan fingerprint density at radius 3 is 2.94 bits per heavy atom. The number of hydrogen-bond donors (Lipinski definition) is 2. The number of H-pyrrole nitrogens is 1. The van der Waals surface area contributed by atoms with Gasteiger partial charge in [-0.05, 0) is 19.2 Å². The summed E-state index contributed by atoms with van der Waals surface area (Å²) in [5, 5.41) is 3.51. The van der Waals surface area contributed by atoms with Gasteiger partial charge in [0.25, 0.3) is 0 Å². The molecule has 0 saturated carbocycles. The van der Waals surface area contributed by atoms with Crippen molar-refractivity contribution in [2.75, 3.05) is 20.1 Å². The van der Waals surface area contributed by atoms with E-state index in [9.17, 15) is 0 Å². The van der Waals surface area contributed by atoms with E-state index in [2.05, 4.69) is 40.2 Å². The van der Waals surface area contributed by atoms with Crippen molar-refractivity contribution in [1.29, 1.82) is 0 Å². The number of nitrogens with zero attached hydrogens (tertiary/aromatic N) is 2. The molecule has 1 aliphatic rings.